The van der Waals surface area contributed by atoms with Crippen molar-refractivity contribution in [3.8, 4) is 34.4 Å². The monoisotopic (exact) mass is 564 g/mol. The fourth-order valence-corrected chi connectivity index (χ4v) is 6.33. The Morgan fingerprint density at radius 3 is 1.52 bits per heavy atom. The van der Waals surface area contributed by atoms with Crippen LogP contribution in [0.25, 0.3) is 78.0 Å². The van der Waals surface area contributed by atoms with E-state index in [-0.39, 0.29) is 0 Å². The lowest BCUT2D eigenvalue weighted by atomic mass is 10.1. The third-order valence-electron chi connectivity index (χ3n) is 8.29. The molecule has 0 radical (unpaired) electrons. The molecule has 9 aromatic rings. The standard InChI is InChI=1S/C38H24N6/c1-2-10-25(11-3-1)36-40-37(26-20-22-39-23-21-26)42-38(41-36)44-34-17-9-6-14-30(34)31-24-27(18-19-35(31)44)43-32-15-7-4-12-28(32)29-13-5-8-16-33(29)43/h1-24H. The van der Waals surface area contributed by atoms with Gasteiger partial charge in [-0.3, -0.25) is 9.55 Å². The summed E-state index contributed by atoms with van der Waals surface area (Å²) >= 11 is 0. The molecule has 0 N–H and O–H groups in total. The van der Waals surface area contributed by atoms with Gasteiger partial charge in [-0.2, -0.15) is 9.97 Å². The van der Waals surface area contributed by atoms with Crippen LogP contribution < -0.4 is 0 Å². The van der Waals surface area contributed by atoms with Crippen molar-refractivity contribution in [2.75, 3.05) is 0 Å². The van der Waals surface area contributed by atoms with Crippen molar-refractivity contribution in [3.05, 3.63) is 146 Å². The maximum absolute atomic E-state index is 5.05. The van der Waals surface area contributed by atoms with Crippen LogP contribution in [-0.4, -0.2) is 29.1 Å². The Balaban J connectivity index is 1.32. The first-order valence-corrected chi connectivity index (χ1v) is 14.6. The smallest absolute Gasteiger partial charge is 0.238 e. The van der Waals surface area contributed by atoms with Crippen LogP contribution in [0.3, 0.4) is 0 Å². The number of hydrogen-bond donors (Lipinski definition) is 0. The molecule has 0 atom stereocenters. The lowest BCUT2D eigenvalue weighted by Crippen LogP contribution is -2.06. The number of benzene rings is 5. The van der Waals surface area contributed by atoms with Crippen molar-refractivity contribution in [1.29, 1.82) is 0 Å². The summed E-state index contributed by atoms with van der Waals surface area (Å²) in [5, 5.41) is 4.75. The number of pyridine rings is 1. The molecule has 0 spiro atoms. The summed E-state index contributed by atoms with van der Waals surface area (Å²) in [6.45, 7) is 0. The molecule has 0 saturated carbocycles. The number of para-hydroxylation sites is 3. The van der Waals surface area contributed by atoms with Gasteiger partial charge in [-0.1, -0.05) is 84.9 Å². The zero-order valence-corrected chi connectivity index (χ0v) is 23.5. The predicted molar refractivity (Wildman–Crippen MR) is 177 cm³/mol. The summed E-state index contributed by atoms with van der Waals surface area (Å²) in [4.78, 5) is 19.2. The zero-order chi connectivity index (χ0) is 29.0. The molecule has 0 unspecified atom stereocenters. The van der Waals surface area contributed by atoms with Gasteiger partial charge in [0.05, 0.1) is 22.1 Å². The van der Waals surface area contributed by atoms with E-state index in [2.05, 4.69) is 105 Å². The highest BCUT2D eigenvalue weighted by atomic mass is 15.2. The number of rotatable bonds is 4. The van der Waals surface area contributed by atoms with Gasteiger partial charge in [-0.05, 0) is 48.5 Å². The van der Waals surface area contributed by atoms with Gasteiger partial charge in [-0.15, -0.1) is 0 Å². The summed E-state index contributed by atoms with van der Waals surface area (Å²) in [7, 11) is 0. The minimum absolute atomic E-state index is 0.571. The lowest BCUT2D eigenvalue weighted by Gasteiger charge is -2.11. The van der Waals surface area contributed by atoms with Crippen LogP contribution in [-0.2, 0) is 0 Å². The van der Waals surface area contributed by atoms with Gasteiger partial charge >= 0.3 is 0 Å². The van der Waals surface area contributed by atoms with Gasteiger partial charge in [0.2, 0.25) is 5.95 Å². The molecule has 5 aromatic carbocycles. The molecule has 206 valence electrons. The van der Waals surface area contributed by atoms with E-state index >= 15 is 0 Å². The predicted octanol–water partition coefficient (Wildman–Crippen LogP) is 8.79. The van der Waals surface area contributed by atoms with E-state index in [0.717, 1.165) is 38.6 Å². The first kappa shape index (κ1) is 24.5. The zero-order valence-electron chi connectivity index (χ0n) is 23.5. The molecular weight excluding hydrogens is 540 g/mol. The highest BCUT2D eigenvalue weighted by Gasteiger charge is 2.19. The molecule has 4 heterocycles. The lowest BCUT2D eigenvalue weighted by molar-refractivity contribution is 0.953. The second kappa shape index (κ2) is 9.71. The van der Waals surface area contributed by atoms with Crippen molar-refractivity contribution in [3.63, 3.8) is 0 Å². The molecule has 0 aliphatic heterocycles. The minimum Gasteiger partial charge on any atom is -0.309 e. The van der Waals surface area contributed by atoms with E-state index in [0.29, 0.717) is 17.6 Å². The molecular formula is C38H24N6. The van der Waals surface area contributed by atoms with Crippen LogP contribution in [0.4, 0.5) is 0 Å². The Kier molecular flexibility index (Phi) is 5.40. The third kappa shape index (κ3) is 3.75. The van der Waals surface area contributed by atoms with Gasteiger partial charge < -0.3 is 4.57 Å². The van der Waals surface area contributed by atoms with Gasteiger partial charge in [0.25, 0.3) is 0 Å². The molecule has 0 fully saturated rings. The Morgan fingerprint density at radius 2 is 0.886 bits per heavy atom. The van der Waals surface area contributed by atoms with Crippen molar-refractivity contribution in [2.24, 2.45) is 0 Å². The van der Waals surface area contributed by atoms with E-state index < -0.39 is 0 Å². The molecule has 0 aliphatic rings. The molecule has 44 heavy (non-hydrogen) atoms. The normalized spacial score (nSPS) is 11.6. The number of aromatic nitrogens is 6. The van der Waals surface area contributed by atoms with Crippen LogP contribution in [0.1, 0.15) is 0 Å². The molecule has 4 aromatic heterocycles. The largest absolute Gasteiger partial charge is 0.309 e. The second-order valence-electron chi connectivity index (χ2n) is 10.8. The Hall–Kier alpha value is -6.14. The van der Waals surface area contributed by atoms with Crippen molar-refractivity contribution < 1.29 is 0 Å². The number of nitrogens with zero attached hydrogens (tertiary/aromatic N) is 6. The summed E-state index contributed by atoms with van der Waals surface area (Å²) < 4.78 is 4.51. The van der Waals surface area contributed by atoms with E-state index in [1.807, 2.05) is 42.5 Å². The van der Waals surface area contributed by atoms with Gasteiger partial charge in [0.15, 0.2) is 11.6 Å². The van der Waals surface area contributed by atoms with Crippen molar-refractivity contribution in [2.45, 2.75) is 0 Å². The number of fused-ring (bicyclic) bond motifs is 6. The summed E-state index contributed by atoms with van der Waals surface area (Å²) in [6.07, 6.45) is 3.52. The Morgan fingerprint density at radius 1 is 0.386 bits per heavy atom. The minimum atomic E-state index is 0.571. The van der Waals surface area contributed by atoms with Crippen LogP contribution in [0.2, 0.25) is 0 Å². The Bertz CT molecular complexity index is 2380. The van der Waals surface area contributed by atoms with Crippen LogP contribution in [0.5, 0.6) is 0 Å². The van der Waals surface area contributed by atoms with E-state index in [1.54, 1.807) is 12.4 Å². The molecule has 0 saturated heterocycles. The number of hydrogen-bond acceptors (Lipinski definition) is 4. The average molecular weight is 565 g/mol. The van der Waals surface area contributed by atoms with Crippen LogP contribution in [0.15, 0.2) is 146 Å². The molecule has 0 bridgehead atoms. The highest BCUT2D eigenvalue weighted by Crippen LogP contribution is 2.36. The topological polar surface area (TPSA) is 61.4 Å². The second-order valence-corrected chi connectivity index (χ2v) is 10.8. The quantitative estimate of drug-likeness (QED) is 0.214. The van der Waals surface area contributed by atoms with Gasteiger partial charge in [0.1, 0.15) is 0 Å². The summed E-state index contributed by atoms with van der Waals surface area (Å²) in [5.74, 6) is 1.79. The SMILES string of the molecule is c1ccc(-c2nc(-c3ccncc3)nc(-n3c4ccccc4c4cc(-n5c6ccccc6c6ccccc65)ccc43)n2)cc1. The van der Waals surface area contributed by atoms with E-state index in [4.69, 9.17) is 15.0 Å². The van der Waals surface area contributed by atoms with Gasteiger partial charge in [0, 0.05) is 50.8 Å². The maximum atomic E-state index is 5.05. The highest BCUT2D eigenvalue weighted by molar-refractivity contribution is 6.12. The van der Waals surface area contributed by atoms with Crippen molar-refractivity contribution >= 4 is 43.6 Å². The Labute approximate surface area is 252 Å². The van der Waals surface area contributed by atoms with E-state index in [9.17, 15) is 0 Å². The fraction of sp³-hybridized carbons (Fsp3) is 0. The van der Waals surface area contributed by atoms with Gasteiger partial charge in [-0.25, -0.2) is 4.98 Å². The van der Waals surface area contributed by atoms with E-state index in [1.165, 1.54) is 21.8 Å². The fourth-order valence-electron chi connectivity index (χ4n) is 6.33. The molecule has 6 nitrogen and oxygen atoms in total. The first-order valence-electron chi connectivity index (χ1n) is 14.6. The molecule has 0 aliphatic carbocycles. The maximum Gasteiger partial charge on any atom is 0.238 e. The van der Waals surface area contributed by atoms with Crippen molar-refractivity contribution in [1.82, 2.24) is 29.1 Å². The molecule has 0 amide bonds. The van der Waals surface area contributed by atoms with Crippen LogP contribution >= 0.6 is 0 Å². The van der Waals surface area contributed by atoms with Crippen LogP contribution in [0, 0.1) is 0 Å². The molecule has 6 heteroatoms. The average Bonchev–Trinajstić information content (AvgIpc) is 3.61. The summed E-state index contributed by atoms with van der Waals surface area (Å²) in [6, 6.07) is 46.2. The summed E-state index contributed by atoms with van der Waals surface area (Å²) in [5.41, 5.74) is 7.36. The third-order valence-corrected chi connectivity index (χ3v) is 8.29. The first-order chi connectivity index (χ1) is 21.8. The molecule has 9 rings (SSSR count).